The molecule has 110 valence electrons. The van der Waals surface area contributed by atoms with Crippen LogP contribution in [0.15, 0.2) is 36.4 Å². The SMILES string of the molecule is CCc1ccc(NCN2C(=O)C3CC=CCC3C2=O)cc1. The van der Waals surface area contributed by atoms with Gasteiger partial charge >= 0.3 is 0 Å². The Morgan fingerprint density at radius 2 is 1.62 bits per heavy atom. The number of amides is 2. The van der Waals surface area contributed by atoms with Crippen LogP contribution in [0.3, 0.4) is 0 Å². The molecule has 2 amide bonds. The van der Waals surface area contributed by atoms with Gasteiger partial charge in [0.05, 0.1) is 18.5 Å². The minimum absolute atomic E-state index is 0.0352. The van der Waals surface area contributed by atoms with E-state index in [1.807, 2.05) is 24.3 Å². The van der Waals surface area contributed by atoms with E-state index < -0.39 is 0 Å². The van der Waals surface area contributed by atoms with E-state index in [9.17, 15) is 9.59 Å². The second-order valence-corrected chi connectivity index (χ2v) is 5.65. The zero-order valence-corrected chi connectivity index (χ0v) is 12.2. The lowest BCUT2D eigenvalue weighted by atomic mass is 9.85. The van der Waals surface area contributed by atoms with E-state index in [1.54, 1.807) is 0 Å². The first kappa shape index (κ1) is 13.9. The van der Waals surface area contributed by atoms with Crippen molar-refractivity contribution in [2.45, 2.75) is 26.2 Å². The number of nitrogens with one attached hydrogen (secondary N) is 1. The molecule has 1 fully saturated rings. The van der Waals surface area contributed by atoms with Gasteiger partial charge in [0.15, 0.2) is 0 Å². The van der Waals surface area contributed by atoms with Crippen LogP contribution in [-0.4, -0.2) is 23.4 Å². The fourth-order valence-corrected chi connectivity index (χ4v) is 3.05. The van der Waals surface area contributed by atoms with Crippen LogP contribution in [0.1, 0.15) is 25.3 Å². The summed E-state index contributed by atoms with van der Waals surface area (Å²) in [5.41, 5.74) is 2.20. The van der Waals surface area contributed by atoms with E-state index in [0.717, 1.165) is 12.1 Å². The summed E-state index contributed by atoms with van der Waals surface area (Å²) in [7, 11) is 0. The molecule has 1 N–H and O–H groups in total. The highest BCUT2D eigenvalue weighted by molar-refractivity contribution is 6.05. The van der Waals surface area contributed by atoms with Crippen molar-refractivity contribution in [3.05, 3.63) is 42.0 Å². The summed E-state index contributed by atoms with van der Waals surface area (Å²) in [6, 6.07) is 8.08. The number of benzene rings is 1. The number of rotatable bonds is 4. The van der Waals surface area contributed by atoms with Gasteiger partial charge < -0.3 is 5.32 Å². The monoisotopic (exact) mass is 284 g/mol. The van der Waals surface area contributed by atoms with Gasteiger partial charge in [0.1, 0.15) is 0 Å². The van der Waals surface area contributed by atoms with E-state index in [0.29, 0.717) is 12.8 Å². The Morgan fingerprint density at radius 1 is 1.05 bits per heavy atom. The first-order valence-corrected chi connectivity index (χ1v) is 7.53. The number of carbonyl (C=O) groups excluding carboxylic acids is 2. The Morgan fingerprint density at radius 3 is 2.14 bits per heavy atom. The predicted octanol–water partition coefficient (Wildman–Crippen LogP) is 2.57. The Labute approximate surface area is 124 Å². The van der Waals surface area contributed by atoms with Gasteiger partial charge in [-0.2, -0.15) is 0 Å². The highest BCUT2D eigenvalue weighted by Crippen LogP contribution is 2.34. The zero-order chi connectivity index (χ0) is 14.8. The number of likely N-dealkylation sites (tertiary alicyclic amines) is 1. The molecule has 1 aliphatic carbocycles. The number of hydrogen-bond acceptors (Lipinski definition) is 3. The summed E-state index contributed by atoms with van der Waals surface area (Å²) < 4.78 is 0. The maximum absolute atomic E-state index is 12.3. The maximum atomic E-state index is 12.3. The van der Waals surface area contributed by atoms with E-state index >= 15 is 0 Å². The molecule has 4 nitrogen and oxygen atoms in total. The summed E-state index contributed by atoms with van der Waals surface area (Å²) >= 11 is 0. The van der Waals surface area contributed by atoms with Gasteiger partial charge in [-0.25, -0.2) is 0 Å². The number of allylic oxidation sites excluding steroid dienone is 2. The summed E-state index contributed by atoms with van der Waals surface area (Å²) in [5, 5.41) is 3.17. The molecule has 4 heteroatoms. The van der Waals surface area contributed by atoms with Gasteiger partial charge in [-0.05, 0) is 37.0 Å². The third kappa shape index (κ3) is 2.58. The highest BCUT2D eigenvalue weighted by Gasteiger charge is 2.46. The third-order valence-corrected chi connectivity index (χ3v) is 4.40. The van der Waals surface area contributed by atoms with Crippen LogP contribution in [0, 0.1) is 11.8 Å². The van der Waals surface area contributed by atoms with E-state index in [4.69, 9.17) is 0 Å². The van der Waals surface area contributed by atoms with Crippen LogP contribution >= 0.6 is 0 Å². The molecule has 21 heavy (non-hydrogen) atoms. The van der Waals surface area contributed by atoms with Gasteiger partial charge in [0, 0.05) is 5.69 Å². The van der Waals surface area contributed by atoms with Crippen LogP contribution < -0.4 is 5.32 Å². The number of imide groups is 1. The molecule has 3 rings (SSSR count). The largest absolute Gasteiger partial charge is 0.367 e. The second-order valence-electron chi connectivity index (χ2n) is 5.65. The van der Waals surface area contributed by atoms with Crippen molar-refractivity contribution in [2.75, 3.05) is 12.0 Å². The van der Waals surface area contributed by atoms with Crippen molar-refractivity contribution in [3.63, 3.8) is 0 Å². The standard InChI is InChI=1S/C17H20N2O2/c1-2-12-7-9-13(10-8-12)18-11-19-16(20)14-5-3-4-6-15(14)17(19)21/h3-4,7-10,14-15,18H,2,5-6,11H2,1H3. The average Bonchev–Trinajstić information content (AvgIpc) is 2.78. The number of carbonyl (C=O) groups is 2. The van der Waals surface area contributed by atoms with Crippen molar-refractivity contribution in [3.8, 4) is 0 Å². The maximum Gasteiger partial charge on any atom is 0.234 e. The van der Waals surface area contributed by atoms with Crippen molar-refractivity contribution in [2.24, 2.45) is 11.8 Å². The topological polar surface area (TPSA) is 49.4 Å². The number of fused-ring (bicyclic) bond motifs is 1. The number of nitrogens with zero attached hydrogens (tertiary/aromatic N) is 1. The van der Waals surface area contributed by atoms with Crippen molar-refractivity contribution in [1.29, 1.82) is 0 Å². The van der Waals surface area contributed by atoms with E-state index in [-0.39, 0.29) is 30.3 Å². The molecule has 1 saturated heterocycles. The Bertz CT molecular complexity index is 551. The van der Waals surface area contributed by atoms with Crippen LogP contribution in [0.4, 0.5) is 5.69 Å². The van der Waals surface area contributed by atoms with E-state index in [2.05, 4.69) is 24.4 Å². The molecule has 0 bridgehead atoms. The molecule has 1 aromatic rings. The smallest absolute Gasteiger partial charge is 0.234 e. The molecule has 0 radical (unpaired) electrons. The van der Waals surface area contributed by atoms with Gasteiger partial charge in [0.25, 0.3) is 0 Å². The lowest BCUT2D eigenvalue weighted by Gasteiger charge is -2.16. The summed E-state index contributed by atoms with van der Waals surface area (Å²) in [6.07, 6.45) is 6.40. The van der Waals surface area contributed by atoms with Crippen LogP contribution in [0.5, 0.6) is 0 Å². The Kier molecular flexibility index (Phi) is 3.78. The third-order valence-electron chi connectivity index (χ3n) is 4.40. The minimum atomic E-state index is -0.147. The zero-order valence-electron chi connectivity index (χ0n) is 12.2. The fraction of sp³-hybridized carbons (Fsp3) is 0.412. The number of hydrogen-bond donors (Lipinski definition) is 1. The summed E-state index contributed by atoms with van der Waals surface area (Å²) in [4.78, 5) is 26.0. The molecule has 1 heterocycles. The molecular weight excluding hydrogens is 264 g/mol. The number of aryl methyl sites for hydroxylation is 1. The minimum Gasteiger partial charge on any atom is -0.367 e. The Balaban J connectivity index is 1.65. The van der Waals surface area contributed by atoms with Gasteiger partial charge in [0.2, 0.25) is 11.8 Å². The molecule has 2 aliphatic rings. The van der Waals surface area contributed by atoms with Crippen molar-refractivity contribution >= 4 is 17.5 Å². The molecule has 1 aliphatic heterocycles. The fourth-order valence-electron chi connectivity index (χ4n) is 3.05. The lowest BCUT2D eigenvalue weighted by molar-refractivity contribution is -0.139. The van der Waals surface area contributed by atoms with Gasteiger partial charge in [-0.3, -0.25) is 14.5 Å². The van der Waals surface area contributed by atoms with E-state index in [1.165, 1.54) is 10.5 Å². The molecular formula is C17H20N2O2. The average molecular weight is 284 g/mol. The normalized spacial score (nSPS) is 24.3. The van der Waals surface area contributed by atoms with Crippen molar-refractivity contribution in [1.82, 2.24) is 4.90 Å². The molecule has 0 aromatic heterocycles. The molecule has 2 unspecified atom stereocenters. The summed E-state index contributed by atoms with van der Waals surface area (Å²) in [5.74, 6) is -0.363. The van der Waals surface area contributed by atoms with Gasteiger partial charge in [-0.15, -0.1) is 0 Å². The van der Waals surface area contributed by atoms with Crippen LogP contribution in [0.2, 0.25) is 0 Å². The molecule has 2 atom stereocenters. The summed E-state index contributed by atoms with van der Waals surface area (Å²) in [6.45, 7) is 2.37. The lowest BCUT2D eigenvalue weighted by Crippen LogP contribution is -2.35. The van der Waals surface area contributed by atoms with Gasteiger partial charge in [-0.1, -0.05) is 31.2 Å². The number of anilines is 1. The highest BCUT2D eigenvalue weighted by atomic mass is 16.2. The first-order valence-electron chi connectivity index (χ1n) is 7.53. The molecule has 0 saturated carbocycles. The van der Waals surface area contributed by atoms with Crippen LogP contribution in [0.25, 0.3) is 0 Å². The van der Waals surface area contributed by atoms with Crippen molar-refractivity contribution < 1.29 is 9.59 Å². The predicted molar refractivity (Wildman–Crippen MR) is 81.5 cm³/mol. The Hall–Kier alpha value is -2.10. The van der Waals surface area contributed by atoms with Crippen LogP contribution in [-0.2, 0) is 16.0 Å². The quantitative estimate of drug-likeness (QED) is 0.683. The second kappa shape index (κ2) is 5.72. The molecule has 0 spiro atoms. The molecule has 1 aromatic carbocycles. The first-order chi connectivity index (χ1) is 10.2.